The molecule has 0 amide bonds. The van der Waals surface area contributed by atoms with Crippen molar-refractivity contribution in [3.05, 3.63) is 40.5 Å². The predicted octanol–water partition coefficient (Wildman–Crippen LogP) is 3.76. The van der Waals surface area contributed by atoms with Crippen molar-refractivity contribution in [3.8, 4) is 5.75 Å². The van der Waals surface area contributed by atoms with Gasteiger partial charge in [0.1, 0.15) is 18.4 Å². The van der Waals surface area contributed by atoms with E-state index in [1.165, 1.54) is 0 Å². The molecular weight excluding hydrogens is 386 g/mol. The molecule has 0 bridgehead atoms. The molecule has 1 aromatic heterocycles. The van der Waals surface area contributed by atoms with E-state index < -0.39 is 6.04 Å². The minimum Gasteiger partial charge on any atom is -0.497 e. The highest BCUT2D eigenvalue weighted by molar-refractivity contribution is 9.10. The van der Waals surface area contributed by atoms with Gasteiger partial charge in [-0.15, -0.1) is 0 Å². The molecule has 0 aliphatic rings. The van der Waals surface area contributed by atoms with Crippen molar-refractivity contribution in [2.45, 2.75) is 32.9 Å². The van der Waals surface area contributed by atoms with E-state index in [9.17, 15) is 4.79 Å². The van der Waals surface area contributed by atoms with Gasteiger partial charge in [0.05, 0.1) is 11.6 Å². The fourth-order valence-electron chi connectivity index (χ4n) is 2.38. The highest BCUT2D eigenvalue weighted by Crippen LogP contribution is 2.22. The van der Waals surface area contributed by atoms with E-state index in [0.717, 1.165) is 15.8 Å². The lowest BCUT2D eigenvalue weighted by atomic mass is 10.0. The number of aromatic nitrogens is 2. The standard InChI is InChI=1S/C18H24BrN3O3/c1-12(2)9-16(20-17-15(19)10-22(3)21-17)18(23)25-11-13-5-7-14(24-4)8-6-13/h5-8,10,12,16H,9,11H2,1-4H3,(H,20,21)/t16-/m0/s1. The van der Waals surface area contributed by atoms with Crippen LogP contribution in [0.4, 0.5) is 5.82 Å². The average Bonchev–Trinajstić information content (AvgIpc) is 2.89. The number of aryl methyl sites for hydroxylation is 1. The SMILES string of the molecule is COc1ccc(COC(=O)[C@H](CC(C)C)Nc2nn(C)cc2Br)cc1. The molecule has 0 radical (unpaired) electrons. The normalized spacial score (nSPS) is 12.1. The van der Waals surface area contributed by atoms with Crippen molar-refractivity contribution >= 4 is 27.7 Å². The maximum absolute atomic E-state index is 12.5. The summed E-state index contributed by atoms with van der Waals surface area (Å²) < 4.78 is 13.1. The second kappa shape index (κ2) is 8.89. The Balaban J connectivity index is 2.00. The first-order chi connectivity index (χ1) is 11.9. The van der Waals surface area contributed by atoms with Gasteiger partial charge in [-0.05, 0) is 46.0 Å². The zero-order valence-electron chi connectivity index (χ0n) is 15.0. The Hall–Kier alpha value is -2.02. The number of esters is 1. The van der Waals surface area contributed by atoms with E-state index in [4.69, 9.17) is 9.47 Å². The number of rotatable bonds is 8. The number of halogens is 1. The maximum Gasteiger partial charge on any atom is 0.328 e. The number of methoxy groups -OCH3 is 1. The molecule has 2 rings (SSSR count). The number of benzene rings is 1. The minimum atomic E-state index is -0.454. The Bertz CT molecular complexity index is 698. The highest BCUT2D eigenvalue weighted by atomic mass is 79.9. The van der Waals surface area contributed by atoms with Crippen molar-refractivity contribution in [3.63, 3.8) is 0 Å². The van der Waals surface area contributed by atoms with Crippen LogP contribution in [0.1, 0.15) is 25.8 Å². The number of carbonyl (C=O) groups excluding carboxylic acids is 1. The number of carbonyl (C=O) groups is 1. The van der Waals surface area contributed by atoms with Gasteiger partial charge in [-0.2, -0.15) is 5.10 Å². The number of hydrogen-bond donors (Lipinski definition) is 1. The van der Waals surface area contributed by atoms with E-state index in [0.29, 0.717) is 18.2 Å². The quantitative estimate of drug-likeness (QED) is 0.672. The minimum absolute atomic E-state index is 0.225. The maximum atomic E-state index is 12.5. The molecule has 0 unspecified atom stereocenters. The van der Waals surface area contributed by atoms with Crippen LogP contribution in [0.25, 0.3) is 0 Å². The average molecular weight is 410 g/mol. The van der Waals surface area contributed by atoms with Gasteiger partial charge in [0.15, 0.2) is 5.82 Å². The summed E-state index contributed by atoms with van der Waals surface area (Å²) in [6, 6.07) is 7.00. The highest BCUT2D eigenvalue weighted by Gasteiger charge is 2.23. The smallest absolute Gasteiger partial charge is 0.328 e. The lowest BCUT2D eigenvalue weighted by molar-refractivity contribution is -0.146. The van der Waals surface area contributed by atoms with Crippen LogP contribution in [0, 0.1) is 5.92 Å². The molecule has 0 saturated heterocycles. The third-order valence-corrected chi connectivity index (χ3v) is 4.21. The fraction of sp³-hybridized carbons (Fsp3) is 0.444. The summed E-state index contributed by atoms with van der Waals surface area (Å²) >= 11 is 3.44. The molecule has 0 saturated carbocycles. The second-order valence-electron chi connectivity index (χ2n) is 6.28. The Labute approximate surface area is 156 Å². The lowest BCUT2D eigenvalue weighted by Gasteiger charge is -2.19. The molecule has 0 fully saturated rings. The van der Waals surface area contributed by atoms with Crippen LogP contribution in [0.5, 0.6) is 5.75 Å². The van der Waals surface area contributed by atoms with Gasteiger partial charge in [0.25, 0.3) is 0 Å². The molecular formula is C18H24BrN3O3. The van der Waals surface area contributed by atoms with Gasteiger partial charge in [-0.3, -0.25) is 4.68 Å². The van der Waals surface area contributed by atoms with Crippen molar-refractivity contribution in [1.29, 1.82) is 0 Å². The van der Waals surface area contributed by atoms with Gasteiger partial charge in [0, 0.05) is 13.2 Å². The summed E-state index contributed by atoms with van der Waals surface area (Å²) in [5.74, 6) is 1.46. The molecule has 136 valence electrons. The van der Waals surface area contributed by atoms with E-state index in [1.54, 1.807) is 11.8 Å². The monoisotopic (exact) mass is 409 g/mol. The molecule has 2 aromatic rings. The van der Waals surface area contributed by atoms with Gasteiger partial charge in [-0.1, -0.05) is 26.0 Å². The molecule has 1 N–H and O–H groups in total. The molecule has 0 spiro atoms. The van der Waals surface area contributed by atoms with Crippen molar-refractivity contribution in [2.75, 3.05) is 12.4 Å². The van der Waals surface area contributed by atoms with Crippen LogP contribution in [0.15, 0.2) is 34.9 Å². The molecule has 25 heavy (non-hydrogen) atoms. The first-order valence-corrected chi connectivity index (χ1v) is 8.93. The topological polar surface area (TPSA) is 65.4 Å². The van der Waals surface area contributed by atoms with E-state index in [-0.39, 0.29) is 12.6 Å². The van der Waals surface area contributed by atoms with Crippen molar-refractivity contribution in [2.24, 2.45) is 13.0 Å². The molecule has 1 atom stereocenters. The van der Waals surface area contributed by atoms with Crippen LogP contribution < -0.4 is 10.1 Å². The summed E-state index contributed by atoms with van der Waals surface area (Å²) in [6.07, 6.45) is 2.49. The number of anilines is 1. The van der Waals surface area contributed by atoms with Gasteiger partial charge in [0.2, 0.25) is 0 Å². The fourth-order valence-corrected chi connectivity index (χ4v) is 2.87. The van der Waals surface area contributed by atoms with Crippen LogP contribution in [0.2, 0.25) is 0 Å². The van der Waals surface area contributed by atoms with E-state index >= 15 is 0 Å². The molecule has 1 aromatic carbocycles. The Morgan fingerprint density at radius 3 is 2.52 bits per heavy atom. The van der Waals surface area contributed by atoms with Crippen LogP contribution in [0.3, 0.4) is 0 Å². The second-order valence-corrected chi connectivity index (χ2v) is 7.14. The zero-order valence-corrected chi connectivity index (χ0v) is 16.5. The van der Waals surface area contributed by atoms with Gasteiger partial charge < -0.3 is 14.8 Å². The Morgan fingerprint density at radius 2 is 2.00 bits per heavy atom. The summed E-state index contributed by atoms with van der Waals surface area (Å²) in [5.41, 5.74) is 0.913. The number of hydrogen-bond acceptors (Lipinski definition) is 5. The molecule has 1 heterocycles. The molecule has 0 aliphatic heterocycles. The zero-order chi connectivity index (χ0) is 18.4. The summed E-state index contributed by atoms with van der Waals surface area (Å²) in [6.45, 7) is 4.36. The van der Waals surface area contributed by atoms with E-state index in [1.807, 2.05) is 37.5 Å². The van der Waals surface area contributed by atoms with E-state index in [2.05, 4.69) is 40.2 Å². The third kappa shape index (κ3) is 5.77. The van der Waals surface area contributed by atoms with Crippen molar-refractivity contribution < 1.29 is 14.3 Å². The van der Waals surface area contributed by atoms with Crippen LogP contribution in [-0.2, 0) is 23.2 Å². The number of nitrogens with one attached hydrogen (secondary N) is 1. The molecule has 0 aliphatic carbocycles. The van der Waals surface area contributed by atoms with Crippen molar-refractivity contribution in [1.82, 2.24) is 9.78 Å². The summed E-state index contributed by atoms with van der Waals surface area (Å²) in [7, 11) is 3.45. The summed E-state index contributed by atoms with van der Waals surface area (Å²) in [4.78, 5) is 12.5. The molecule has 7 heteroatoms. The van der Waals surface area contributed by atoms with Gasteiger partial charge in [-0.25, -0.2) is 4.79 Å². The number of nitrogens with zero attached hydrogens (tertiary/aromatic N) is 2. The third-order valence-electron chi connectivity index (χ3n) is 3.63. The Morgan fingerprint density at radius 1 is 1.32 bits per heavy atom. The number of ether oxygens (including phenoxy) is 2. The van der Waals surface area contributed by atoms with Crippen LogP contribution in [-0.4, -0.2) is 28.9 Å². The largest absolute Gasteiger partial charge is 0.497 e. The van der Waals surface area contributed by atoms with Crippen LogP contribution >= 0.6 is 15.9 Å². The predicted molar refractivity (Wildman–Crippen MR) is 101 cm³/mol. The first-order valence-electron chi connectivity index (χ1n) is 8.14. The lowest BCUT2D eigenvalue weighted by Crippen LogP contribution is -2.33. The first kappa shape index (κ1) is 19.3. The molecule has 6 nitrogen and oxygen atoms in total. The summed E-state index contributed by atoms with van der Waals surface area (Å²) in [5, 5.41) is 7.49. The van der Waals surface area contributed by atoms with Gasteiger partial charge >= 0.3 is 5.97 Å². The Kier molecular flexibility index (Phi) is 6.87.